The van der Waals surface area contributed by atoms with Gasteiger partial charge in [0.15, 0.2) is 0 Å². The van der Waals surface area contributed by atoms with E-state index in [0.717, 1.165) is 16.5 Å². The van der Waals surface area contributed by atoms with Crippen LogP contribution in [0, 0.1) is 0 Å². The number of benzene rings is 1. The first kappa shape index (κ1) is 14.4. The lowest BCUT2D eigenvalue weighted by Gasteiger charge is -2.19. The van der Waals surface area contributed by atoms with Crippen molar-refractivity contribution in [3.8, 4) is 0 Å². The largest absolute Gasteiger partial charge is 0.457 e. The molecule has 0 aliphatic rings. The maximum Gasteiger partial charge on any atom is 0.334 e. The number of aryl methyl sites for hydroxylation is 1. The highest BCUT2D eigenvalue weighted by molar-refractivity contribution is 5.97. The summed E-state index contributed by atoms with van der Waals surface area (Å²) < 4.78 is 7.44. The van der Waals surface area contributed by atoms with Gasteiger partial charge in [-0.1, -0.05) is 18.2 Å². The van der Waals surface area contributed by atoms with Gasteiger partial charge in [-0.05, 0) is 39.8 Å². The Balaban J connectivity index is 2.35. The van der Waals surface area contributed by atoms with E-state index in [9.17, 15) is 4.79 Å². The van der Waals surface area contributed by atoms with Gasteiger partial charge in [0.1, 0.15) is 5.60 Å². The molecule has 2 aromatic rings. The summed E-state index contributed by atoms with van der Waals surface area (Å²) in [4.78, 5) is 12.0. The second-order valence-corrected chi connectivity index (χ2v) is 6.04. The van der Waals surface area contributed by atoms with Crippen molar-refractivity contribution in [1.29, 1.82) is 0 Å². The lowest BCUT2D eigenvalue weighted by atomic mass is 10.1. The molecule has 1 aromatic heterocycles. The normalized spacial score (nSPS) is 12.8. The van der Waals surface area contributed by atoms with Crippen molar-refractivity contribution in [2.45, 2.75) is 33.3 Å². The van der Waals surface area contributed by atoms with Crippen LogP contribution in [0.1, 0.15) is 33.3 Å². The molecule has 0 aliphatic heterocycles. The Hall–Kier alpha value is -2.03. The number of rotatable bonds is 2. The molecule has 0 saturated carbocycles. The van der Waals surface area contributed by atoms with E-state index >= 15 is 0 Å². The molecule has 20 heavy (non-hydrogen) atoms. The summed E-state index contributed by atoms with van der Waals surface area (Å²) in [6.07, 6.45) is 3.91. The van der Waals surface area contributed by atoms with Gasteiger partial charge in [0.2, 0.25) is 0 Å². The van der Waals surface area contributed by atoms with Crippen LogP contribution in [0.4, 0.5) is 0 Å². The predicted molar refractivity (Wildman–Crippen MR) is 82.4 cm³/mol. The molecule has 0 saturated heterocycles. The van der Waals surface area contributed by atoms with Crippen LogP contribution >= 0.6 is 0 Å². The molecule has 1 aromatic carbocycles. The molecule has 106 valence electrons. The van der Waals surface area contributed by atoms with Crippen molar-refractivity contribution in [2.75, 3.05) is 0 Å². The Labute approximate surface area is 119 Å². The zero-order valence-electron chi connectivity index (χ0n) is 12.7. The summed E-state index contributed by atoms with van der Waals surface area (Å²) in [5.74, 6) is -0.273. The predicted octanol–water partition coefficient (Wildman–Crippen LogP) is 3.92. The van der Waals surface area contributed by atoms with Gasteiger partial charge >= 0.3 is 5.97 Å². The lowest BCUT2D eigenvalue weighted by Crippen LogP contribution is -2.24. The molecule has 3 nitrogen and oxygen atoms in total. The number of aromatic nitrogens is 1. The highest BCUT2D eigenvalue weighted by Gasteiger charge is 2.17. The van der Waals surface area contributed by atoms with Crippen LogP contribution in [-0.4, -0.2) is 16.1 Å². The summed E-state index contributed by atoms with van der Waals surface area (Å²) in [6, 6.07) is 8.14. The lowest BCUT2D eigenvalue weighted by molar-refractivity contribution is -0.149. The van der Waals surface area contributed by atoms with Gasteiger partial charge in [0.25, 0.3) is 0 Å². The quantitative estimate of drug-likeness (QED) is 0.612. The highest BCUT2D eigenvalue weighted by atomic mass is 16.6. The van der Waals surface area contributed by atoms with Crippen LogP contribution in [0.15, 0.2) is 36.0 Å². The molecule has 1 heterocycles. The molecule has 0 spiro atoms. The minimum atomic E-state index is -0.467. The monoisotopic (exact) mass is 271 g/mol. The maximum atomic E-state index is 12.0. The van der Waals surface area contributed by atoms with E-state index in [-0.39, 0.29) is 5.97 Å². The number of fused-ring (bicyclic) bond motifs is 1. The number of para-hydroxylation sites is 1. The number of hydrogen-bond acceptors (Lipinski definition) is 2. The Morgan fingerprint density at radius 2 is 1.90 bits per heavy atom. The van der Waals surface area contributed by atoms with Crippen molar-refractivity contribution in [3.63, 3.8) is 0 Å². The second-order valence-electron chi connectivity index (χ2n) is 6.04. The van der Waals surface area contributed by atoms with Crippen LogP contribution in [0.25, 0.3) is 17.0 Å². The molecule has 0 N–H and O–H groups in total. The SMILES string of the molecule is C/C(=C\c1cn(C)c2ccccc12)C(=O)OC(C)(C)C. The van der Waals surface area contributed by atoms with Gasteiger partial charge in [0, 0.05) is 35.3 Å². The van der Waals surface area contributed by atoms with Crippen molar-refractivity contribution in [3.05, 3.63) is 41.6 Å². The third kappa shape index (κ3) is 3.10. The number of carbonyl (C=O) groups is 1. The second kappa shape index (κ2) is 5.16. The summed E-state index contributed by atoms with van der Waals surface area (Å²) in [5, 5.41) is 1.14. The molecule has 0 fully saturated rings. The summed E-state index contributed by atoms with van der Waals surface area (Å²) in [5.41, 5.74) is 2.32. The van der Waals surface area contributed by atoms with E-state index in [1.165, 1.54) is 0 Å². The molecular formula is C17H21NO2. The fourth-order valence-electron chi connectivity index (χ4n) is 2.14. The van der Waals surface area contributed by atoms with Gasteiger partial charge < -0.3 is 9.30 Å². The number of esters is 1. The first-order chi connectivity index (χ1) is 9.28. The Kier molecular flexibility index (Phi) is 3.71. The standard InChI is InChI=1S/C17H21NO2/c1-12(16(19)20-17(2,3)4)10-13-11-18(5)15-9-7-6-8-14(13)15/h6-11H,1-5H3/b12-10+. The summed E-state index contributed by atoms with van der Waals surface area (Å²) in [6.45, 7) is 7.40. The summed E-state index contributed by atoms with van der Waals surface area (Å²) >= 11 is 0. The molecule has 0 amide bonds. The first-order valence-corrected chi connectivity index (χ1v) is 6.73. The molecule has 2 rings (SSSR count). The van der Waals surface area contributed by atoms with Crippen molar-refractivity contribution in [2.24, 2.45) is 7.05 Å². The minimum absolute atomic E-state index is 0.273. The van der Waals surface area contributed by atoms with Gasteiger partial charge in [0.05, 0.1) is 0 Å². The zero-order valence-corrected chi connectivity index (χ0v) is 12.7. The van der Waals surface area contributed by atoms with Crippen molar-refractivity contribution in [1.82, 2.24) is 4.57 Å². The molecule has 0 aliphatic carbocycles. The topological polar surface area (TPSA) is 31.2 Å². The van der Waals surface area contributed by atoms with E-state index in [4.69, 9.17) is 4.74 Å². The Bertz CT molecular complexity index is 672. The molecule has 0 radical (unpaired) electrons. The number of nitrogens with zero attached hydrogens (tertiary/aromatic N) is 1. The number of ether oxygens (including phenoxy) is 1. The average Bonchev–Trinajstić information content (AvgIpc) is 2.65. The average molecular weight is 271 g/mol. The van der Waals surface area contributed by atoms with Crippen LogP contribution in [-0.2, 0) is 16.6 Å². The summed E-state index contributed by atoms with van der Waals surface area (Å²) in [7, 11) is 2.00. The van der Waals surface area contributed by atoms with E-state index < -0.39 is 5.60 Å². The molecule has 3 heteroatoms. The number of hydrogen-bond donors (Lipinski definition) is 0. The smallest absolute Gasteiger partial charge is 0.334 e. The third-order valence-corrected chi connectivity index (χ3v) is 3.02. The minimum Gasteiger partial charge on any atom is -0.457 e. The van der Waals surface area contributed by atoms with Crippen LogP contribution < -0.4 is 0 Å². The maximum absolute atomic E-state index is 12.0. The Morgan fingerprint density at radius 1 is 1.25 bits per heavy atom. The third-order valence-electron chi connectivity index (χ3n) is 3.02. The molecule has 0 unspecified atom stereocenters. The van der Waals surface area contributed by atoms with Gasteiger partial charge in [-0.3, -0.25) is 0 Å². The van der Waals surface area contributed by atoms with E-state index in [0.29, 0.717) is 5.57 Å². The molecule has 0 bridgehead atoms. The van der Waals surface area contributed by atoms with Crippen LogP contribution in [0.5, 0.6) is 0 Å². The van der Waals surface area contributed by atoms with Gasteiger partial charge in [-0.25, -0.2) is 4.79 Å². The van der Waals surface area contributed by atoms with E-state index in [1.807, 2.05) is 52.2 Å². The fourth-order valence-corrected chi connectivity index (χ4v) is 2.14. The van der Waals surface area contributed by atoms with Gasteiger partial charge in [-0.15, -0.1) is 0 Å². The fraction of sp³-hybridized carbons (Fsp3) is 0.353. The van der Waals surface area contributed by atoms with Crippen molar-refractivity contribution < 1.29 is 9.53 Å². The molecule has 0 atom stereocenters. The molecular weight excluding hydrogens is 250 g/mol. The van der Waals surface area contributed by atoms with Crippen LogP contribution in [0.3, 0.4) is 0 Å². The zero-order chi connectivity index (χ0) is 14.9. The Morgan fingerprint density at radius 3 is 2.55 bits per heavy atom. The first-order valence-electron chi connectivity index (χ1n) is 6.73. The van der Waals surface area contributed by atoms with Crippen LogP contribution in [0.2, 0.25) is 0 Å². The highest BCUT2D eigenvalue weighted by Crippen LogP contribution is 2.23. The van der Waals surface area contributed by atoms with Crippen molar-refractivity contribution >= 4 is 22.9 Å². The number of carbonyl (C=O) groups excluding carboxylic acids is 1. The van der Waals surface area contributed by atoms with Gasteiger partial charge in [-0.2, -0.15) is 0 Å². The van der Waals surface area contributed by atoms with E-state index in [2.05, 4.69) is 16.7 Å². The van der Waals surface area contributed by atoms with E-state index in [1.54, 1.807) is 6.92 Å².